The maximum atomic E-state index is 12.5. The van der Waals surface area contributed by atoms with Crippen LogP contribution in [0.25, 0.3) is 11.6 Å². The Morgan fingerprint density at radius 2 is 1.44 bits per heavy atom. The van der Waals surface area contributed by atoms with Crippen LogP contribution in [0.4, 0.5) is 5.69 Å². The number of carbonyl (C=O) groups is 1. The molecule has 0 radical (unpaired) electrons. The smallest absolute Gasteiger partial charge is 0.343 e. The monoisotopic (exact) mass is 453 g/mol. The van der Waals surface area contributed by atoms with Crippen LogP contribution >= 0.6 is 0 Å². The molecule has 1 aliphatic carbocycles. The summed E-state index contributed by atoms with van der Waals surface area (Å²) in [5.41, 5.74) is 13.8. The van der Waals surface area contributed by atoms with Gasteiger partial charge in [-0.3, -0.25) is 0 Å². The zero-order valence-corrected chi connectivity index (χ0v) is 20.9. The van der Waals surface area contributed by atoms with Gasteiger partial charge in [0, 0.05) is 5.69 Å². The van der Waals surface area contributed by atoms with Crippen molar-refractivity contribution in [1.29, 1.82) is 0 Å². The number of hydrogen-bond acceptors (Lipinski definition) is 3. The summed E-state index contributed by atoms with van der Waals surface area (Å²) in [6.07, 6.45) is 5.58. The van der Waals surface area contributed by atoms with E-state index in [2.05, 4.69) is 58.9 Å². The lowest BCUT2D eigenvalue weighted by Gasteiger charge is -2.42. The first-order valence-electron chi connectivity index (χ1n) is 12.1. The summed E-state index contributed by atoms with van der Waals surface area (Å²) in [5, 5.41) is 0. The number of fused-ring (bicyclic) bond motifs is 1. The number of ether oxygens (including phenoxy) is 1. The standard InChI is InChI=1S/C31H35NO2/c1-6-22(24-11-16-27-28(20-24)31(4,5)18-17-30(27,2)3)19-21-7-9-23(10-8-21)29(33)34-26-14-12-25(32)13-15-26/h7-16,19-20H,6,17-18,32H2,1-5H3. The average Bonchev–Trinajstić information content (AvgIpc) is 2.82. The molecule has 3 aromatic carbocycles. The van der Waals surface area contributed by atoms with Crippen LogP contribution in [0.15, 0.2) is 66.7 Å². The summed E-state index contributed by atoms with van der Waals surface area (Å²) < 4.78 is 5.45. The number of benzene rings is 3. The quantitative estimate of drug-likeness (QED) is 0.186. The van der Waals surface area contributed by atoms with Crippen molar-refractivity contribution in [2.24, 2.45) is 0 Å². The molecule has 1 aliphatic rings. The maximum Gasteiger partial charge on any atom is 0.343 e. The summed E-state index contributed by atoms with van der Waals surface area (Å²) in [6, 6.07) is 21.4. The van der Waals surface area contributed by atoms with Crippen LogP contribution in [0.5, 0.6) is 5.75 Å². The Labute approximate surface area is 203 Å². The predicted octanol–water partition coefficient (Wildman–Crippen LogP) is 7.79. The molecule has 0 fully saturated rings. The van der Waals surface area contributed by atoms with E-state index in [1.165, 1.54) is 35.1 Å². The van der Waals surface area contributed by atoms with Crippen LogP contribution in [0.1, 0.15) is 86.5 Å². The number of anilines is 1. The van der Waals surface area contributed by atoms with Gasteiger partial charge in [-0.05, 0) is 94.3 Å². The van der Waals surface area contributed by atoms with Gasteiger partial charge in [-0.15, -0.1) is 0 Å². The highest BCUT2D eigenvalue weighted by Gasteiger charge is 2.37. The first-order chi connectivity index (χ1) is 16.1. The normalized spacial score (nSPS) is 16.6. The van der Waals surface area contributed by atoms with E-state index < -0.39 is 0 Å². The van der Waals surface area contributed by atoms with Gasteiger partial charge in [0.25, 0.3) is 0 Å². The third-order valence-corrected chi connectivity index (χ3v) is 7.18. The Morgan fingerprint density at radius 1 is 0.853 bits per heavy atom. The molecule has 4 rings (SSSR count). The number of carbonyl (C=O) groups excluding carboxylic acids is 1. The predicted molar refractivity (Wildman–Crippen MR) is 142 cm³/mol. The van der Waals surface area contributed by atoms with Gasteiger partial charge in [0.05, 0.1) is 5.56 Å². The van der Waals surface area contributed by atoms with Crippen molar-refractivity contribution >= 4 is 23.3 Å². The Kier molecular flexibility index (Phi) is 6.40. The van der Waals surface area contributed by atoms with Crippen LogP contribution in [0.3, 0.4) is 0 Å². The van der Waals surface area contributed by atoms with Crippen LogP contribution in [0, 0.1) is 0 Å². The minimum atomic E-state index is -0.379. The minimum absolute atomic E-state index is 0.187. The van der Waals surface area contributed by atoms with E-state index in [0.717, 1.165) is 12.0 Å². The molecular weight excluding hydrogens is 418 g/mol. The molecule has 0 aliphatic heterocycles. The zero-order valence-electron chi connectivity index (χ0n) is 20.9. The van der Waals surface area contributed by atoms with Crippen LogP contribution in [-0.4, -0.2) is 5.97 Å². The molecule has 0 saturated heterocycles. The topological polar surface area (TPSA) is 52.3 Å². The van der Waals surface area contributed by atoms with Gasteiger partial charge < -0.3 is 10.5 Å². The second kappa shape index (κ2) is 9.13. The molecule has 3 aromatic rings. The van der Waals surface area contributed by atoms with Crippen molar-refractivity contribution in [3.63, 3.8) is 0 Å². The van der Waals surface area contributed by atoms with Gasteiger partial charge in [0.1, 0.15) is 5.75 Å². The number of allylic oxidation sites excluding steroid dienone is 1. The molecule has 0 amide bonds. The van der Waals surface area contributed by atoms with Crippen molar-refractivity contribution in [2.45, 2.75) is 64.7 Å². The number of nitrogen functional groups attached to an aromatic ring is 1. The zero-order chi connectivity index (χ0) is 24.5. The van der Waals surface area contributed by atoms with Crippen LogP contribution in [0.2, 0.25) is 0 Å². The first-order valence-corrected chi connectivity index (χ1v) is 12.1. The maximum absolute atomic E-state index is 12.5. The summed E-state index contributed by atoms with van der Waals surface area (Å²) in [4.78, 5) is 12.5. The highest BCUT2D eigenvalue weighted by atomic mass is 16.5. The van der Waals surface area contributed by atoms with E-state index in [9.17, 15) is 4.79 Å². The Balaban J connectivity index is 1.57. The molecule has 3 nitrogen and oxygen atoms in total. The first kappa shape index (κ1) is 23.8. The number of hydrogen-bond donors (Lipinski definition) is 1. The molecule has 0 aromatic heterocycles. The van der Waals surface area contributed by atoms with Crippen molar-refractivity contribution in [3.05, 3.63) is 94.5 Å². The van der Waals surface area contributed by atoms with Crippen molar-refractivity contribution in [2.75, 3.05) is 5.73 Å². The van der Waals surface area contributed by atoms with E-state index in [1.807, 2.05) is 24.3 Å². The van der Waals surface area contributed by atoms with E-state index in [4.69, 9.17) is 10.5 Å². The van der Waals surface area contributed by atoms with E-state index in [0.29, 0.717) is 17.0 Å². The largest absolute Gasteiger partial charge is 0.423 e. The highest BCUT2D eigenvalue weighted by molar-refractivity contribution is 5.91. The number of nitrogens with two attached hydrogens (primary N) is 1. The molecule has 176 valence electrons. The Bertz CT molecular complexity index is 1220. The number of rotatable bonds is 5. The lowest BCUT2D eigenvalue weighted by atomic mass is 9.63. The second-order valence-corrected chi connectivity index (χ2v) is 10.6. The SMILES string of the molecule is CCC(=Cc1ccc(C(=O)Oc2ccc(N)cc2)cc1)c1ccc2c(c1)C(C)(C)CCC2(C)C. The fraction of sp³-hybridized carbons (Fsp3) is 0.323. The summed E-state index contributed by atoms with van der Waals surface area (Å²) >= 11 is 0. The van der Waals surface area contributed by atoms with Crippen molar-refractivity contribution < 1.29 is 9.53 Å². The average molecular weight is 454 g/mol. The fourth-order valence-corrected chi connectivity index (χ4v) is 4.80. The molecule has 0 unspecified atom stereocenters. The van der Waals surface area contributed by atoms with Gasteiger partial charge in [0.2, 0.25) is 0 Å². The van der Waals surface area contributed by atoms with Gasteiger partial charge >= 0.3 is 5.97 Å². The second-order valence-electron chi connectivity index (χ2n) is 10.6. The van der Waals surface area contributed by atoms with Crippen LogP contribution < -0.4 is 10.5 Å². The van der Waals surface area contributed by atoms with Gasteiger partial charge in [-0.25, -0.2) is 4.79 Å². The number of esters is 1. The van der Waals surface area contributed by atoms with E-state index in [-0.39, 0.29) is 16.8 Å². The highest BCUT2D eigenvalue weighted by Crippen LogP contribution is 2.46. The Hall–Kier alpha value is -3.33. The van der Waals surface area contributed by atoms with E-state index >= 15 is 0 Å². The van der Waals surface area contributed by atoms with E-state index in [1.54, 1.807) is 24.3 Å². The Morgan fingerprint density at radius 3 is 2.06 bits per heavy atom. The van der Waals surface area contributed by atoms with Gasteiger partial charge in [-0.2, -0.15) is 0 Å². The third-order valence-electron chi connectivity index (χ3n) is 7.18. The fourth-order valence-electron chi connectivity index (χ4n) is 4.80. The summed E-state index contributed by atoms with van der Waals surface area (Å²) in [6.45, 7) is 11.6. The molecule has 0 heterocycles. The molecular formula is C31H35NO2. The van der Waals surface area contributed by atoms with Gasteiger partial charge in [-0.1, -0.05) is 71.0 Å². The molecule has 0 saturated carbocycles. The molecule has 0 spiro atoms. The van der Waals surface area contributed by atoms with Crippen LogP contribution in [-0.2, 0) is 10.8 Å². The summed E-state index contributed by atoms with van der Waals surface area (Å²) in [5.74, 6) is 0.102. The lowest BCUT2D eigenvalue weighted by Crippen LogP contribution is -2.33. The summed E-state index contributed by atoms with van der Waals surface area (Å²) in [7, 11) is 0. The molecule has 2 N–H and O–H groups in total. The molecule has 34 heavy (non-hydrogen) atoms. The van der Waals surface area contributed by atoms with Gasteiger partial charge in [0.15, 0.2) is 0 Å². The lowest BCUT2D eigenvalue weighted by molar-refractivity contribution is 0.0735. The van der Waals surface area contributed by atoms with Crippen molar-refractivity contribution in [1.82, 2.24) is 0 Å². The third kappa shape index (κ3) is 4.94. The molecule has 0 atom stereocenters. The molecule has 3 heteroatoms. The minimum Gasteiger partial charge on any atom is -0.423 e. The van der Waals surface area contributed by atoms with Crippen molar-refractivity contribution in [3.8, 4) is 5.75 Å². The molecule has 0 bridgehead atoms.